The van der Waals surface area contributed by atoms with E-state index < -0.39 is 0 Å². The fourth-order valence-corrected chi connectivity index (χ4v) is 2.52. The van der Waals surface area contributed by atoms with Gasteiger partial charge in [-0.1, -0.05) is 0 Å². The van der Waals surface area contributed by atoms with Crippen molar-refractivity contribution >= 4 is 17.3 Å². The van der Waals surface area contributed by atoms with Crippen LogP contribution in [0.25, 0.3) is 0 Å². The maximum Gasteiger partial charge on any atom is 0.254 e. The first-order valence-electron chi connectivity index (χ1n) is 6.88. The molecule has 1 heterocycles. The summed E-state index contributed by atoms with van der Waals surface area (Å²) >= 11 is 0. The SMILES string of the molecule is Nc1cc(N)cc(C(=O)N2CCCN(CCO)CC2)c1. The first-order valence-corrected chi connectivity index (χ1v) is 6.88. The first-order chi connectivity index (χ1) is 9.60. The molecule has 1 aromatic rings. The Morgan fingerprint density at radius 3 is 2.45 bits per heavy atom. The van der Waals surface area contributed by atoms with Gasteiger partial charge in [-0.05, 0) is 31.2 Å². The summed E-state index contributed by atoms with van der Waals surface area (Å²) in [5, 5.41) is 8.97. The molecule has 0 aliphatic carbocycles. The van der Waals surface area contributed by atoms with Gasteiger partial charge >= 0.3 is 0 Å². The molecule has 2 rings (SSSR count). The molecule has 0 bridgehead atoms. The molecule has 1 aromatic carbocycles. The molecule has 1 aliphatic heterocycles. The summed E-state index contributed by atoms with van der Waals surface area (Å²) < 4.78 is 0. The molecule has 1 fully saturated rings. The van der Waals surface area contributed by atoms with E-state index in [0.717, 1.165) is 26.1 Å². The molecule has 110 valence electrons. The minimum Gasteiger partial charge on any atom is -0.399 e. The van der Waals surface area contributed by atoms with E-state index in [4.69, 9.17) is 16.6 Å². The van der Waals surface area contributed by atoms with E-state index in [2.05, 4.69) is 4.90 Å². The average Bonchev–Trinajstić information content (AvgIpc) is 2.63. The number of hydrogen-bond acceptors (Lipinski definition) is 5. The summed E-state index contributed by atoms with van der Waals surface area (Å²) in [6, 6.07) is 4.96. The van der Waals surface area contributed by atoms with Crippen LogP contribution in [0.4, 0.5) is 11.4 Å². The van der Waals surface area contributed by atoms with E-state index in [9.17, 15) is 4.79 Å². The number of carbonyl (C=O) groups excluding carboxylic acids is 1. The van der Waals surface area contributed by atoms with Crippen molar-refractivity contribution in [2.24, 2.45) is 0 Å². The molecule has 1 aliphatic rings. The Labute approximate surface area is 119 Å². The molecular weight excluding hydrogens is 256 g/mol. The second-order valence-corrected chi connectivity index (χ2v) is 5.10. The van der Waals surface area contributed by atoms with Gasteiger partial charge in [-0.3, -0.25) is 9.69 Å². The number of amides is 1. The molecule has 0 spiro atoms. The van der Waals surface area contributed by atoms with Gasteiger partial charge in [0.05, 0.1) is 6.61 Å². The van der Waals surface area contributed by atoms with E-state index in [1.54, 1.807) is 18.2 Å². The highest BCUT2D eigenvalue weighted by Gasteiger charge is 2.20. The third-order valence-corrected chi connectivity index (χ3v) is 3.52. The third kappa shape index (κ3) is 3.61. The number of β-amino-alcohol motifs (C(OH)–C–C–N with tert-alkyl or cyclic N) is 1. The highest BCUT2D eigenvalue weighted by atomic mass is 16.3. The number of hydrogen-bond donors (Lipinski definition) is 3. The van der Waals surface area contributed by atoms with Gasteiger partial charge in [0.1, 0.15) is 0 Å². The van der Waals surface area contributed by atoms with E-state index in [-0.39, 0.29) is 12.5 Å². The number of carbonyl (C=O) groups is 1. The molecule has 20 heavy (non-hydrogen) atoms. The van der Waals surface area contributed by atoms with Crippen molar-refractivity contribution < 1.29 is 9.90 Å². The van der Waals surface area contributed by atoms with Crippen molar-refractivity contribution in [2.45, 2.75) is 6.42 Å². The van der Waals surface area contributed by atoms with Crippen LogP contribution in [0.5, 0.6) is 0 Å². The summed E-state index contributed by atoms with van der Waals surface area (Å²) in [4.78, 5) is 16.5. The van der Waals surface area contributed by atoms with Crippen molar-refractivity contribution in [3.05, 3.63) is 23.8 Å². The van der Waals surface area contributed by atoms with Crippen LogP contribution in [0.3, 0.4) is 0 Å². The van der Waals surface area contributed by atoms with Crippen LogP contribution in [0.15, 0.2) is 18.2 Å². The fraction of sp³-hybridized carbons (Fsp3) is 0.500. The predicted octanol–water partition coefficient (Wildman–Crippen LogP) is -0.00880. The van der Waals surface area contributed by atoms with Crippen LogP contribution in [0.1, 0.15) is 16.8 Å². The smallest absolute Gasteiger partial charge is 0.254 e. The number of nitrogens with zero attached hydrogens (tertiary/aromatic N) is 2. The quantitative estimate of drug-likeness (QED) is 0.676. The summed E-state index contributed by atoms with van der Waals surface area (Å²) in [5.41, 5.74) is 13.0. The van der Waals surface area contributed by atoms with Crippen molar-refractivity contribution in [2.75, 3.05) is 50.8 Å². The summed E-state index contributed by atoms with van der Waals surface area (Å²) in [7, 11) is 0. The number of nitrogens with two attached hydrogens (primary N) is 2. The first kappa shape index (κ1) is 14.6. The van der Waals surface area contributed by atoms with Crippen molar-refractivity contribution in [1.29, 1.82) is 0 Å². The largest absolute Gasteiger partial charge is 0.399 e. The number of aliphatic hydroxyl groups excluding tert-OH is 1. The lowest BCUT2D eigenvalue weighted by molar-refractivity contribution is 0.0760. The normalized spacial score (nSPS) is 16.9. The molecule has 6 nitrogen and oxygen atoms in total. The highest BCUT2D eigenvalue weighted by molar-refractivity contribution is 5.96. The number of rotatable bonds is 3. The molecule has 0 saturated carbocycles. The van der Waals surface area contributed by atoms with Gasteiger partial charge in [0.2, 0.25) is 0 Å². The van der Waals surface area contributed by atoms with Gasteiger partial charge < -0.3 is 21.5 Å². The fourth-order valence-electron chi connectivity index (χ4n) is 2.52. The van der Waals surface area contributed by atoms with Crippen molar-refractivity contribution in [3.8, 4) is 0 Å². The molecule has 0 unspecified atom stereocenters. The van der Waals surface area contributed by atoms with Crippen LogP contribution in [-0.4, -0.2) is 60.1 Å². The maximum atomic E-state index is 12.5. The Hall–Kier alpha value is -1.79. The second kappa shape index (κ2) is 6.58. The number of benzene rings is 1. The van der Waals surface area contributed by atoms with E-state index in [1.165, 1.54) is 0 Å². The molecule has 6 heteroatoms. The van der Waals surface area contributed by atoms with Gasteiger partial charge in [0, 0.05) is 43.1 Å². The predicted molar refractivity (Wildman–Crippen MR) is 79.3 cm³/mol. The summed E-state index contributed by atoms with van der Waals surface area (Å²) in [5.74, 6) is -0.0325. The topological polar surface area (TPSA) is 95.8 Å². The Kier molecular flexibility index (Phi) is 4.81. The Morgan fingerprint density at radius 1 is 1.10 bits per heavy atom. The second-order valence-electron chi connectivity index (χ2n) is 5.10. The molecule has 0 aromatic heterocycles. The molecule has 0 radical (unpaired) electrons. The molecule has 1 amide bonds. The van der Waals surface area contributed by atoms with Crippen LogP contribution in [0.2, 0.25) is 0 Å². The number of anilines is 2. The zero-order chi connectivity index (χ0) is 14.5. The lowest BCUT2D eigenvalue weighted by atomic mass is 10.1. The highest BCUT2D eigenvalue weighted by Crippen LogP contribution is 2.16. The van der Waals surface area contributed by atoms with Crippen LogP contribution >= 0.6 is 0 Å². The average molecular weight is 278 g/mol. The minimum atomic E-state index is -0.0325. The van der Waals surface area contributed by atoms with Gasteiger partial charge in [-0.25, -0.2) is 0 Å². The Morgan fingerprint density at radius 2 is 1.80 bits per heavy atom. The standard InChI is InChI=1S/C14H22N4O2/c15-12-8-11(9-13(16)10-12)14(20)18-3-1-2-17(4-5-18)6-7-19/h8-10,19H,1-7,15-16H2. The van der Waals surface area contributed by atoms with Crippen LogP contribution < -0.4 is 11.5 Å². The van der Waals surface area contributed by atoms with E-state index >= 15 is 0 Å². The summed E-state index contributed by atoms with van der Waals surface area (Å²) in [6.07, 6.45) is 0.906. The third-order valence-electron chi connectivity index (χ3n) is 3.52. The van der Waals surface area contributed by atoms with Gasteiger partial charge in [-0.15, -0.1) is 0 Å². The van der Waals surface area contributed by atoms with Crippen molar-refractivity contribution in [1.82, 2.24) is 9.80 Å². The van der Waals surface area contributed by atoms with Crippen LogP contribution in [-0.2, 0) is 0 Å². The Balaban J connectivity index is 2.05. The molecule has 5 N–H and O–H groups in total. The number of nitrogen functional groups attached to an aromatic ring is 2. The van der Waals surface area contributed by atoms with Gasteiger partial charge in [-0.2, -0.15) is 0 Å². The van der Waals surface area contributed by atoms with E-state index in [1.807, 2.05) is 4.90 Å². The van der Waals surface area contributed by atoms with Crippen LogP contribution in [0, 0.1) is 0 Å². The zero-order valence-corrected chi connectivity index (χ0v) is 11.6. The lowest BCUT2D eigenvalue weighted by Gasteiger charge is -2.21. The maximum absolute atomic E-state index is 12.5. The minimum absolute atomic E-state index is 0.0325. The van der Waals surface area contributed by atoms with Crippen molar-refractivity contribution in [3.63, 3.8) is 0 Å². The molecule has 0 atom stereocenters. The van der Waals surface area contributed by atoms with Gasteiger partial charge in [0.25, 0.3) is 5.91 Å². The van der Waals surface area contributed by atoms with E-state index in [0.29, 0.717) is 30.0 Å². The summed E-state index contributed by atoms with van der Waals surface area (Å²) in [6.45, 7) is 3.88. The monoisotopic (exact) mass is 278 g/mol. The zero-order valence-electron chi connectivity index (χ0n) is 11.6. The Bertz CT molecular complexity index is 458. The lowest BCUT2D eigenvalue weighted by Crippen LogP contribution is -2.36. The van der Waals surface area contributed by atoms with Gasteiger partial charge in [0.15, 0.2) is 0 Å². The number of aliphatic hydroxyl groups is 1. The molecular formula is C14H22N4O2. The molecule has 1 saturated heterocycles.